The summed E-state index contributed by atoms with van der Waals surface area (Å²) in [5.74, 6) is 3.68. The molecular formula is C12H11NO. The first-order valence-corrected chi connectivity index (χ1v) is 4.49. The van der Waals surface area contributed by atoms with Gasteiger partial charge in [-0.1, -0.05) is 12.1 Å². The van der Waals surface area contributed by atoms with Gasteiger partial charge in [-0.15, -0.1) is 0 Å². The van der Waals surface area contributed by atoms with Crippen LogP contribution in [-0.4, -0.2) is 19.5 Å². The zero-order valence-corrected chi connectivity index (χ0v) is 8.03. The molecule has 0 amide bonds. The maximum atomic E-state index is 5.09. The van der Waals surface area contributed by atoms with Gasteiger partial charge in [0.1, 0.15) is 5.75 Å². The summed E-state index contributed by atoms with van der Waals surface area (Å²) in [4.78, 5) is 4.07. The van der Waals surface area contributed by atoms with E-state index < -0.39 is 0 Å². The molecule has 1 aliphatic rings. The molecule has 1 heterocycles. The molecule has 70 valence electrons. The van der Waals surface area contributed by atoms with Crippen molar-refractivity contribution in [2.45, 2.75) is 0 Å². The average molecular weight is 185 g/mol. The molecule has 0 unspecified atom stereocenters. The molecule has 0 aromatic heterocycles. The third-order valence-electron chi connectivity index (χ3n) is 2.16. The molecule has 1 aromatic carbocycles. The van der Waals surface area contributed by atoms with E-state index in [1.807, 2.05) is 36.4 Å². The Kier molecular flexibility index (Phi) is 2.48. The predicted molar refractivity (Wildman–Crippen MR) is 57.8 cm³/mol. The fourth-order valence-electron chi connectivity index (χ4n) is 1.37. The van der Waals surface area contributed by atoms with E-state index in [1.165, 1.54) is 11.1 Å². The van der Waals surface area contributed by atoms with Crippen molar-refractivity contribution in [2.24, 2.45) is 4.99 Å². The maximum absolute atomic E-state index is 5.09. The Bertz CT molecular complexity index is 408. The first-order chi connectivity index (χ1) is 6.90. The van der Waals surface area contributed by atoms with Crippen LogP contribution >= 0.6 is 0 Å². The van der Waals surface area contributed by atoms with Crippen molar-refractivity contribution in [2.75, 3.05) is 13.7 Å². The molecule has 1 aliphatic heterocycles. The summed E-state index contributed by atoms with van der Waals surface area (Å²) in [6.07, 6.45) is 3.87. The first-order valence-electron chi connectivity index (χ1n) is 4.49. The number of methoxy groups -OCH3 is 1. The second-order valence-corrected chi connectivity index (χ2v) is 3.03. The molecule has 2 nitrogen and oxygen atoms in total. The van der Waals surface area contributed by atoms with Crippen LogP contribution in [0.1, 0.15) is 5.56 Å². The molecule has 0 fully saturated rings. The summed E-state index contributed by atoms with van der Waals surface area (Å²) in [6.45, 7) is 0.711. The van der Waals surface area contributed by atoms with Crippen LogP contribution in [0.3, 0.4) is 0 Å². The molecule has 0 spiro atoms. The van der Waals surface area contributed by atoms with E-state index in [0.717, 1.165) is 5.75 Å². The molecule has 0 atom stereocenters. The minimum atomic E-state index is 0.711. The second kappa shape index (κ2) is 3.95. The summed E-state index contributed by atoms with van der Waals surface area (Å²) >= 11 is 0. The Morgan fingerprint density at radius 1 is 1.29 bits per heavy atom. The van der Waals surface area contributed by atoms with Gasteiger partial charge in [-0.2, -0.15) is 0 Å². The Labute approximate surface area is 83.2 Å². The van der Waals surface area contributed by atoms with Crippen LogP contribution in [0, 0.1) is 0 Å². The average Bonchev–Trinajstić information content (AvgIpc) is 2.30. The summed E-state index contributed by atoms with van der Waals surface area (Å²) in [5.41, 5.74) is 2.40. The van der Waals surface area contributed by atoms with Crippen molar-refractivity contribution in [3.63, 3.8) is 0 Å². The van der Waals surface area contributed by atoms with E-state index in [9.17, 15) is 0 Å². The van der Waals surface area contributed by atoms with Crippen molar-refractivity contribution in [3.05, 3.63) is 42.0 Å². The second-order valence-electron chi connectivity index (χ2n) is 3.03. The number of allylic oxidation sites excluding steroid dienone is 2. The van der Waals surface area contributed by atoms with E-state index in [2.05, 4.69) is 10.9 Å². The van der Waals surface area contributed by atoms with Gasteiger partial charge in [0.15, 0.2) is 0 Å². The summed E-state index contributed by atoms with van der Waals surface area (Å²) in [7, 11) is 1.67. The lowest BCUT2D eigenvalue weighted by Crippen LogP contribution is -1.91. The molecule has 0 bridgehead atoms. The van der Waals surface area contributed by atoms with E-state index in [4.69, 9.17) is 4.74 Å². The largest absolute Gasteiger partial charge is 0.497 e. The number of ether oxygens (including phenoxy) is 1. The van der Waals surface area contributed by atoms with Gasteiger partial charge >= 0.3 is 0 Å². The Hall–Kier alpha value is -1.79. The van der Waals surface area contributed by atoms with Crippen LogP contribution in [0.25, 0.3) is 5.57 Å². The maximum Gasteiger partial charge on any atom is 0.118 e. The molecule has 0 saturated heterocycles. The van der Waals surface area contributed by atoms with Crippen molar-refractivity contribution in [3.8, 4) is 5.75 Å². The van der Waals surface area contributed by atoms with Gasteiger partial charge < -0.3 is 4.74 Å². The smallest absolute Gasteiger partial charge is 0.118 e. The third-order valence-corrected chi connectivity index (χ3v) is 2.16. The van der Waals surface area contributed by atoms with Crippen molar-refractivity contribution >= 4 is 11.4 Å². The lowest BCUT2D eigenvalue weighted by Gasteiger charge is -2.06. The van der Waals surface area contributed by atoms with Gasteiger partial charge in [-0.05, 0) is 41.3 Å². The quantitative estimate of drug-likeness (QED) is 0.692. The van der Waals surface area contributed by atoms with Gasteiger partial charge in [0, 0.05) is 0 Å². The molecule has 1 aromatic rings. The zero-order valence-electron chi connectivity index (χ0n) is 8.03. The minimum Gasteiger partial charge on any atom is -0.497 e. The fourth-order valence-corrected chi connectivity index (χ4v) is 1.37. The highest BCUT2D eigenvalue weighted by Crippen LogP contribution is 2.19. The van der Waals surface area contributed by atoms with Crippen molar-refractivity contribution in [1.29, 1.82) is 0 Å². The number of hydrogen-bond acceptors (Lipinski definition) is 2. The Balaban J connectivity index is 2.25. The zero-order chi connectivity index (χ0) is 9.80. The molecule has 0 aliphatic carbocycles. The number of benzene rings is 1. The number of aliphatic imine (C=N–C) groups is 1. The fraction of sp³-hybridized carbons (Fsp3) is 0.167. The Morgan fingerprint density at radius 2 is 2.07 bits per heavy atom. The highest BCUT2D eigenvalue weighted by Gasteiger charge is 2.01. The highest BCUT2D eigenvalue weighted by atomic mass is 16.5. The van der Waals surface area contributed by atoms with Crippen LogP contribution in [0.2, 0.25) is 0 Å². The van der Waals surface area contributed by atoms with Crippen LogP contribution < -0.4 is 4.74 Å². The lowest BCUT2D eigenvalue weighted by atomic mass is 10.0. The van der Waals surface area contributed by atoms with Crippen molar-refractivity contribution in [1.82, 2.24) is 0 Å². The summed E-state index contributed by atoms with van der Waals surface area (Å²) in [6, 6.07) is 8.00. The van der Waals surface area contributed by atoms with Gasteiger partial charge in [-0.25, -0.2) is 4.99 Å². The molecule has 0 radical (unpaired) electrons. The third kappa shape index (κ3) is 1.76. The summed E-state index contributed by atoms with van der Waals surface area (Å²) < 4.78 is 5.09. The molecule has 14 heavy (non-hydrogen) atoms. The monoisotopic (exact) mass is 185 g/mol. The number of nitrogens with zero attached hydrogens (tertiary/aromatic N) is 1. The van der Waals surface area contributed by atoms with E-state index in [1.54, 1.807) is 7.11 Å². The SMILES string of the molecule is COc1ccc(C2=CC=C=NC2)cc1. The first kappa shape index (κ1) is 8.79. The number of rotatable bonds is 2. The van der Waals surface area contributed by atoms with Gasteiger partial charge in [0.2, 0.25) is 0 Å². The van der Waals surface area contributed by atoms with E-state index in [-0.39, 0.29) is 0 Å². The molecule has 2 rings (SSSR count). The van der Waals surface area contributed by atoms with Gasteiger partial charge in [0.05, 0.1) is 13.7 Å². The minimum absolute atomic E-state index is 0.711. The van der Waals surface area contributed by atoms with Crippen LogP contribution in [0.4, 0.5) is 0 Å². The normalized spacial score (nSPS) is 13.9. The van der Waals surface area contributed by atoms with Gasteiger partial charge in [-0.3, -0.25) is 0 Å². The van der Waals surface area contributed by atoms with Crippen LogP contribution in [0.5, 0.6) is 5.75 Å². The molecular weight excluding hydrogens is 174 g/mol. The van der Waals surface area contributed by atoms with E-state index in [0.29, 0.717) is 6.54 Å². The van der Waals surface area contributed by atoms with Crippen molar-refractivity contribution < 1.29 is 4.74 Å². The molecule has 2 heteroatoms. The lowest BCUT2D eigenvalue weighted by molar-refractivity contribution is 0.415. The topological polar surface area (TPSA) is 21.6 Å². The van der Waals surface area contributed by atoms with E-state index >= 15 is 0 Å². The molecule has 0 saturated carbocycles. The number of hydrogen-bond donors (Lipinski definition) is 0. The summed E-state index contributed by atoms with van der Waals surface area (Å²) in [5, 5.41) is 0. The predicted octanol–water partition coefficient (Wildman–Crippen LogP) is 2.32. The van der Waals surface area contributed by atoms with Crippen LogP contribution in [0.15, 0.2) is 41.4 Å². The van der Waals surface area contributed by atoms with Gasteiger partial charge in [0.25, 0.3) is 0 Å². The standard InChI is InChI=1S/C12H11NO/c1-14-12-6-4-10(5-7-12)11-3-2-8-13-9-11/h2-7H,9H2,1H3. The van der Waals surface area contributed by atoms with Crippen LogP contribution in [-0.2, 0) is 0 Å². The highest BCUT2D eigenvalue weighted by molar-refractivity contribution is 5.75. The Morgan fingerprint density at radius 3 is 2.64 bits per heavy atom. The molecule has 0 N–H and O–H groups in total.